The smallest absolute Gasteiger partial charge is 0.313 e. The minimum atomic E-state index is -0.146. The number of hydrogen-bond donors (Lipinski definition) is 0. The molecule has 15 heavy (non-hydrogen) atoms. The summed E-state index contributed by atoms with van der Waals surface area (Å²) in [5.74, 6) is -0.184. The molecule has 86 valence electrons. The molecule has 1 aliphatic rings. The molecule has 1 fully saturated rings. The molecule has 0 aromatic rings. The topological polar surface area (TPSA) is 26.3 Å². The van der Waals surface area contributed by atoms with E-state index in [2.05, 4.69) is 6.92 Å². The average molecular weight is 210 g/mol. The summed E-state index contributed by atoms with van der Waals surface area (Å²) >= 11 is 0. The maximum atomic E-state index is 11.8. The van der Waals surface area contributed by atoms with Crippen molar-refractivity contribution < 1.29 is 9.53 Å². The van der Waals surface area contributed by atoms with Crippen LogP contribution in [0, 0.1) is 5.92 Å². The zero-order valence-electron chi connectivity index (χ0n) is 10.1. The molecule has 0 aromatic carbocycles. The minimum Gasteiger partial charge on any atom is -0.459 e. The van der Waals surface area contributed by atoms with Crippen LogP contribution in [0.15, 0.2) is 12.2 Å². The Balaban J connectivity index is 2.55. The third-order valence-corrected chi connectivity index (χ3v) is 3.33. The van der Waals surface area contributed by atoms with Gasteiger partial charge in [0, 0.05) is 0 Å². The molecule has 0 aromatic heterocycles. The molecule has 2 nitrogen and oxygen atoms in total. The lowest BCUT2D eigenvalue weighted by molar-refractivity contribution is -0.162. The Morgan fingerprint density at radius 1 is 1.47 bits per heavy atom. The molecule has 0 N–H and O–H groups in total. The molecular weight excluding hydrogens is 188 g/mol. The first-order valence-electron chi connectivity index (χ1n) is 5.99. The highest BCUT2D eigenvalue weighted by Gasteiger charge is 2.36. The van der Waals surface area contributed by atoms with Gasteiger partial charge in [0.2, 0.25) is 0 Å². The molecule has 0 radical (unpaired) electrons. The van der Waals surface area contributed by atoms with Gasteiger partial charge in [-0.15, -0.1) is 0 Å². The average Bonchev–Trinajstić information content (AvgIpc) is 2.67. The Hall–Kier alpha value is -0.790. The van der Waals surface area contributed by atoms with Crippen LogP contribution in [0.2, 0.25) is 0 Å². The fourth-order valence-corrected chi connectivity index (χ4v) is 2.22. The van der Waals surface area contributed by atoms with Gasteiger partial charge >= 0.3 is 5.97 Å². The molecular formula is C13H22O2. The van der Waals surface area contributed by atoms with Crippen LogP contribution < -0.4 is 0 Å². The van der Waals surface area contributed by atoms with Crippen molar-refractivity contribution in [3.8, 4) is 0 Å². The van der Waals surface area contributed by atoms with E-state index in [0.717, 1.165) is 19.3 Å². The van der Waals surface area contributed by atoms with Gasteiger partial charge in [-0.3, -0.25) is 4.79 Å². The van der Waals surface area contributed by atoms with Crippen LogP contribution in [-0.4, -0.2) is 11.6 Å². The standard InChI is InChI=1S/C13H22O2/c1-4-8-11(3)12(14)15-13(5-2)9-6-7-10-13/h4,8,11H,5-7,9-10H2,1-3H3/b8-4-. The van der Waals surface area contributed by atoms with E-state index in [4.69, 9.17) is 4.74 Å². The van der Waals surface area contributed by atoms with Gasteiger partial charge in [-0.2, -0.15) is 0 Å². The molecule has 1 unspecified atom stereocenters. The molecule has 0 spiro atoms. The summed E-state index contributed by atoms with van der Waals surface area (Å²) in [5.41, 5.74) is -0.146. The second-order valence-corrected chi connectivity index (χ2v) is 4.48. The first-order chi connectivity index (χ1) is 7.13. The number of rotatable bonds is 4. The van der Waals surface area contributed by atoms with Crippen LogP contribution in [0.5, 0.6) is 0 Å². The van der Waals surface area contributed by atoms with Crippen LogP contribution in [-0.2, 0) is 9.53 Å². The van der Waals surface area contributed by atoms with Crippen LogP contribution >= 0.6 is 0 Å². The first kappa shape index (κ1) is 12.3. The van der Waals surface area contributed by atoms with Crippen molar-refractivity contribution in [1.82, 2.24) is 0 Å². The van der Waals surface area contributed by atoms with Gasteiger partial charge in [0.05, 0.1) is 5.92 Å². The monoisotopic (exact) mass is 210 g/mol. The van der Waals surface area contributed by atoms with E-state index in [1.165, 1.54) is 12.8 Å². The van der Waals surface area contributed by atoms with E-state index in [9.17, 15) is 4.79 Å². The van der Waals surface area contributed by atoms with E-state index >= 15 is 0 Å². The number of carbonyl (C=O) groups is 1. The van der Waals surface area contributed by atoms with E-state index in [0.29, 0.717) is 0 Å². The first-order valence-corrected chi connectivity index (χ1v) is 5.99. The Kier molecular flexibility index (Phi) is 4.37. The highest BCUT2D eigenvalue weighted by Crippen LogP contribution is 2.36. The van der Waals surface area contributed by atoms with Gasteiger partial charge in [-0.1, -0.05) is 19.1 Å². The summed E-state index contributed by atoms with van der Waals surface area (Å²) in [6, 6.07) is 0. The van der Waals surface area contributed by atoms with Gasteiger partial charge < -0.3 is 4.74 Å². The Labute approximate surface area is 92.7 Å². The molecule has 0 saturated heterocycles. The predicted molar refractivity (Wildman–Crippen MR) is 61.6 cm³/mol. The van der Waals surface area contributed by atoms with Crippen molar-refractivity contribution in [3.63, 3.8) is 0 Å². The lowest BCUT2D eigenvalue weighted by Gasteiger charge is -2.28. The fraction of sp³-hybridized carbons (Fsp3) is 0.769. The van der Waals surface area contributed by atoms with Crippen LogP contribution in [0.4, 0.5) is 0 Å². The third kappa shape index (κ3) is 3.08. The summed E-state index contributed by atoms with van der Waals surface area (Å²) in [6.07, 6.45) is 9.20. The van der Waals surface area contributed by atoms with Gasteiger partial charge in [0.15, 0.2) is 0 Å². The highest BCUT2D eigenvalue weighted by molar-refractivity contribution is 5.74. The summed E-state index contributed by atoms with van der Waals surface area (Å²) in [6.45, 7) is 5.93. The molecule has 0 amide bonds. The largest absolute Gasteiger partial charge is 0.459 e. The Morgan fingerprint density at radius 3 is 2.53 bits per heavy atom. The second kappa shape index (κ2) is 5.34. The zero-order chi connectivity index (χ0) is 11.3. The van der Waals surface area contributed by atoms with Gasteiger partial charge in [-0.25, -0.2) is 0 Å². The van der Waals surface area contributed by atoms with Gasteiger partial charge in [0.1, 0.15) is 5.60 Å². The van der Waals surface area contributed by atoms with E-state index < -0.39 is 0 Å². The Bertz CT molecular complexity index is 237. The van der Waals surface area contributed by atoms with Crippen LogP contribution in [0.3, 0.4) is 0 Å². The zero-order valence-corrected chi connectivity index (χ0v) is 10.1. The van der Waals surface area contributed by atoms with Crippen molar-refractivity contribution in [2.45, 2.75) is 58.5 Å². The maximum Gasteiger partial charge on any atom is 0.313 e. The third-order valence-electron chi connectivity index (χ3n) is 3.33. The number of esters is 1. The minimum absolute atomic E-state index is 0.0724. The quantitative estimate of drug-likeness (QED) is 0.524. The molecule has 1 atom stereocenters. The summed E-state index contributed by atoms with van der Waals surface area (Å²) < 4.78 is 5.67. The van der Waals surface area contributed by atoms with E-state index in [1.54, 1.807) is 0 Å². The molecule has 1 rings (SSSR count). The molecule has 0 aliphatic heterocycles. The van der Waals surface area contributed by atoms with Crippen LogP contribution in [0.1, 0.15) is 52.9 Å². The molecule has 1 saturated carbocycles. The maximum absolute atomic E-state index is 11.8. The van der Waals surface area contributed by atoms with Crippen molar-refractivity contribution in [2.24, 2.45) is 5.92 Å². The van der Waals surface area contributed by atoms with E-state index in [1.807, 2.05) is 26.0 Å². The summed E-state index contributed by atoms with van der Waals surface area (Å²) in [5, 5.41) is 0. The molecule has 1 aliphatic carbocycles. The van der Waals surface area contributed by atoms with Crippen molar-refractivity contribution in [1.29, 1.82) is 0 Å². The fourth-order valence-electron chi connectivity index (χ4n) is 2.22. The number of allylic oxidation sites excluding steroid dienone is 1. The lowest BCUT2D eigenvalue weighted by Crippen LogP contribution is -2.33. The van der Waals surface area contributed by atoms with Crippen molar-refractivity contribution in [3.05, 3.63) is 12.2 Å². The Morgan fingerprint density at radius 2 is 2.07 bits per heavy atom. The van der Waals surface area contributed by atoms with Crippen LogP contribution in [0.25, 0.3) is 0 Å². The number of ether oxygens (including phenoxy) is 1. The van der Waals surface area contributed by atoms with E-state index in [-0.39, 0.29) is 17.5 Å². The summed E-state index contributed by atoms with van der Waals surface area (Å²) in [4.78, 5) is 11.8. The van der Waals surface area contributed by atoms with Crippen molar-refractivity contribution >= 4 is 5.97 Å². The lowest BCUT2D eigenvalue weighted by atomic mass is 9.98. The van der Waals surface area contributed by atoms with Gasteiger partial charge in [-0.05, 0) is 46.0 Å². The molecule has 0 bridgehead atoms. The van der Waals surface area contributed by atoms with Crippen molar-refractivity contribution in [2.75, 3.05) is 0 Å². The van der Waals surface area contributed by atoms with Gasteiger partial charge in [0.25, 0.3) is 0 Å². The number of carbonyl (C=O) groups excluding carboxylic acids is 1. The molecule has 0 heterocycles. The highest BCUT2D eigenvalue weighted by atomic mass is 16.6. The molecule has 2 heteroatoms. The second-order valence-electron chi connectivity index (χ2n) is 4.48. The summed E-state index contributed by atoms with van der Waals surface area (Å²) in [7, 11) is 0. The SMILES string of the molecule is C/C=C\C(C)C(=O)OC1(CC)CCCC1. The number of hydrogen-bond acceptors (Lipinski definition) is 2. The normalized spacial score (nSPS) is 21.8. The predicted octanol–water partition coefficient (Wildman–Crippen LogP) is 3.46.